The molecule has 7 nitrogen and oxygen atoms in total. The lowest BCUT2D eigenvalue weighted by atomic mass is 9.95. The minimum Gasteiger partial charge on any atom is -0.350 e. The van der Waals surface area contributed by atoms with Crippen molar-refractivity contribution >= 4 is 31.9 Å². The van der Waals surface area contributed by atoms with Gasteiger partial charge in [-0.05, 0) is 59.8 Å². The van der Waals surface area contributed by atoms with E-state index in [0.717, 1.165) is 25.7 Å². The Morgan fingerprint density at radius 1 is 1.11 bits per heavy atom. The van der Waals surface area contributed by atoms with E-state index in [0.29, 0.717) is 42.3 Å². The quantitative estimate of drug-likeness (QED) is 0.730. The van der Waals surface area contributed by atoms with Crippen LogP contribution in [0.25, 0.3) is 0 Å². The highest BCUT2D eigenvalue weighted by atomic mass is 79.9. The normalized spacial score (nSPS) is 22.3. The number of nitrogens with one attached hydrogen (secondary N) is 1. The molecule has 0 atom stereocenters. The molecule has 1 saturated carbocycles. The van der Waals surface area contributed by atoms with Gasteiger partial charge < -0.3 is 14.4 Å². The molecule has 4 rings (SSSR count). The fourth-order valence-corrected chi connectivity index (χ4v) is 5.26. The number of halogens is 1. The van der Waals surface area contributed by atoms with Crippen molar-refractivity contribution < 1.29 is 22.7 Å². The molecule has 0 unspecified atom stereocenters. The number of benzene rings is 1. The van der Waals surface area contributed by atoms with E-state index in [2.05, 4.69) is 20.7 Å². The zero-order valence-corrected chi connectivity index (χ0v) is 17.3. The van der Waals surface area contributed by atoms with Crippen LogP contribution in [-0.4, -0.2) is 57.9 Å². The Morgan fingerprint density at radius 3 is 2.41 bits per heavy atom. The van der Waals surface area contributed by atoms with Crippen LogP contribution in [0.3, 0.4) is 0 Å². The highest BCUT2D eigenvalue weighted by Gasteiger charge is 2.33. The molecule has 0 bridgehead atoms. The number of nitrogens with zero attached hydrogens (tertiary/aromatic N) is 1. The van der Waals surface area contributed by atoms with Crippen molar-refractivity contribution in [2.24, 2.45) is 5.92 Å². The summed E-state index contributed by atoms with van der Waals surface area (Å²) in [5, 5.41) is 0. The topological polar surface area (TPSA) is 84.9 Å². The predicted molar refractivity (Wildman–Crippen MR) is 102 cm³/mol. The van der Waals surface area contributed by atoms with E-state index in [-0.39, 0.29) is 23.1 Å². The van der Waals surface area contributed by atoms with Crippen LogP contribution in [-0.2, 0) is 19.5 Å². The maximum Gasteiger partial charge on any atom is 0.255 e. The minimum absolute atomic E-state index is 0.0249. The third-order valence-corrected chi connectivity index (χ3v) is 7.45. The summed E-state index contributed by atoms with van der Waals surface area (Å²) in [5.41, 5.74) is 0.375. The molecule has 2 heterocycles. The molecular weight excluding hydrogens is 436 g/mol. The summed E-state index contributed by atoms with van der Waals surface area (Å²) in [6, 6.07) is 4.64. The summed E-state index contributed by atoms with van der Waals surface area (Å²) in [6.45, 7) is 2.48. The van der Waals surface area contributed by atoms with Crippen molar-refractivity contribution in [1.29, 1.82) is 0 Å². The van der Waals surface area contributed by atoms with Crippen LogP contribution < -0.4 is 4.72 Å². The Morgan fingerprint density at radius 2 is 1.78 bits per heavy atom. The van der Waals surface area contributed by atoms with Gasteiger partial charge in [-0.15, -0.1) is 0 Å². The van der Waals surface area contributed by atoms with Crippen molar-refractivity contribution in [3.8, 4) is 0 Å². The summed E-state index contributed by atoms with van der Waals surface area (Å²) < 4.78 is 39.3. The van der Waals surface area contributed by atoms with E-state index in [4.69, 9.17) is 9.47 Å². The zero-order valence-electron chi connectivity index (χ0n) is 14.9. The fourth-order valence-electron chi connectivity index (χ4n) is 3.52. The number of carbonyl (C=O) groups is 1. The molecular formula is C18H23BrN2O5S. The third-order valence-electron chi connectivity index (χ3n) is 5.24. The molecule has 1 aromatic carbocycles. The van der Waals surface area contributed by atoms with E-state index in [9.17, 15) is 13.2 Å². The first-order valence-electron chi connectivity index (χ1n) is 9.28. The van der Waals surface area contributed by atoms with E-state index < -0.39 is 10.0 Å². The Bertz CT molecular complexity index is 813. The second-order valence-electron chi connectivity index (χ2n) is 7.28. The van der Waals surface area contributed by atoms with Crippen molar-refractivity contribution in [2.45, 2.75) is 42.9 Å². The van der Waals surface area contributed by atoms with Crippen LogP contribution in [0.2, 0.25) is 0 Å². The molecule has 3 fully saturated rings. The van der Waals surface area contributed by atoms with Crippen molar-refractivity contribution in [3.05, 3.63) is 28.2 Å². The van der Waals surface area contributed by atoms with Gasteiger partial charge in [0.1, 0.15) is 0 Å². The maximum atomic E-state index is 13.0. The molecule has 1 aromatic rings. The van der Waals surface area contributed by atoms with Gasteiger partial charge >= 0.3 is 0 Å². The molecule has 1 aliphatic carbocycles. The summed E-state index contributed by atoms with van der Waals surface area (Å²) in [4.78, 5) is 14.9. The number of amides is 1. The number of carbonyl (C=O) groups excluding carboxylic acids is 1. The predicted octanol–water partition coefficient (Wildman–Crippen LogP) is 2.11. The lowest BCUT2D eigenvalue weighted by Crippen LogP contribution is -2.41. The second-order valence-corrected chi connectivity index (χ2v) is 9.85. The van der Waals surface area contributed by atoms with E-state index in [1.54, 1.807) is 11.0 Å². The molecule has 2 saturated heterocycles. The molecule has 1 N–H and O–H groups in total. The standard InChI is InChI=1S/C18H23BrN2O5S/c19-16-4-3-14(27(23,24)20-13-1-2-13)11-15(16)17(22)21-7-5-12(6-8-21)18-25-9-10-26-18/h3-4,11-13,18,20H,1-2,5-10H2. The van der Waals surface area contributed by atoms with Crippen LogP contribution in [0.1, 0.15) is 36.0 Å². The first-order valence-corrected chi connectivity index (χ1v) is 11.6. The number of hydrogen-bond donors (Lipinski definition) is 1. The molecule has 9 heteroatoms. The Balaban J connectivity index is 1.46. The average Bonchev–Trinajstić information content (AvgIpc) is 3.29. The van der Waals surface area contributed by atoms with E-state index >= 15 is 0 Å². The molecule has 0 spiro atoms. The highest BCUT2D eigenvalue weighted by Crippen LogP contribution is 2.29. The fraction of sp³-hybridized carbons (Fsp3) is 0.611. The number of sulfonamides is 1. The van der Waals surface area contributed by atoms with Gasteiger partial charge in [0.25, 0.3) is 5.91 Å². The number of rotatable bonds is 5. The van der Waals surface area contributed by atoms with Gasteiger partial charge in [-0.3, -0.25) is 4.79 Å². The van der Waals surface area contributed by atoms with Crippen LogP contribution in [0.4, 0.5) is 0 Å². The van der Waals surface area contributed by atoms with Gasteiger partial charge in [0.15, 0.2) is 6.29 Å². The molecule has 2 aliphatic heterocycles. The molecule has 148 valence electrons. The van der Waals surface area contributed by atoms with Gasteiger partial charge in [-0.1, -0.05) is 0 Å². The molecule has 3 aliphatic rings. The maximum absolute atomic E-state index is 13.0. The van der Waals surface area contributed by atoms with Gasteiger partial charge in [0.05, 0.1) is 23.7 Å². The third kappa shape index (κ3) is 4.37. The summed E-state index contributed by atoms with van der Waals surface area (Å²) in [7, 11) is -3.60. The second kappa shape index (κ2) is 7.79. The molecule has 0 radical (unpaired) electrons. The monoisotopic (exact) mass is 458 g/mol. The number of ether oxygens (including phenoxy) is 2. The first-order chi connectivity index (χ1) is 12.9. The zero-order chi connectivity index (χ0) is 19.0. The van der Waals surface area contributed by atoms with Crippen molar-refractivity contribution in [1.82, 2.24) is 9.62 Å². The summed E-state index contributed by atoms with van der Waals surface area (Å²) >= 11 is 3.39. The van der Waals surface area contributed by atoms with Crippen LogP contribution in [0, 0.1) is 5.92 Å². The molecule has 0 aromatic heterocycles. The lowest BCUT2D eigenvalue weighted by Gasteiger charge is -2.34. The molecule has 27 heavy (non-hydrogen) atoms. The number of likely N-dealkylation sites (tertiary alicyclic amines) is 1. The van der Waals surface area contributed by atoms with E-state index in [1.165, 1.54) is 12.1 Å². The molecule has 1 amide bonds. The van der Waals surface area contributed by atoms with Gasteiger partial charge in [-0.2, -0.15) is 0 Å². The SMILES string of the molecule is O=C(c1cc(S(=O)(=O)NC2CC2)ccc1Br)N1CCC(C2OCCO2)CC1. The van der Waals surface area contributed by atoms with Crippen molar-refractivity contribution in [2.75, 3.05) is 26.3 Å². The van der Waals surface area contributed by atoms with Gasteiger partial charge in [0.2, 0.25) is 10.0 Å². The van der Waals surface area contributed by atoms with Crippen molar-refractivity contribution in [3.63, 3.8) is 0 Å². The number of piperidine rings is 1. The largest absolute Gasteiger partial charge is 0.350 e. The van der Waals surface area contributed by atoms with Crippen LogP contribution in [0.5, 0.6) is 0 Å². The van der Waals surface area contributed by atoms with Crippen LogP contribution >= 0.6 is 15.9 Å². The lowest BCUT2D eigenvalue weighted by molar-refractivity contribution is -0.0956. The summed E-state index contributed by atoms with van der Waals surface area (Å²) in [5.74, 6) is 0.145. The Labute approximate surface area is 167 Å². The smallest absolute Gasteiger partial charge is 0.255 e. The van der Waals surface area contributed by atoms with Gasteiger partial charge in [0, 0.05) is 29.5 Å². The summed E-state index contributed by atoms with van der Waals surface area (Å²) in [6.07, 6.45) is 3.20. The van der Waals surface area contributed by atoms with E-state index in [1.807, 2.05) is 0 Å². The highest BCUT2D eigenvalue weighted by molar-refractivity contribution is 9.10. The first kappa shape index (κ1) is 19.3. The average molecular weight is 459 g/mol. The van der Waals surface area contributed by atoms with Crippen LogP contribution in [0.15, 0.2) is 27.6 Å². The number of hydrogen-bond acceptors (Lipinski definition) is 5. The minimum atomic E-state index is -3.60. The van der Waals surface area contributed by atoms with Gasteiger partial charge in [-0.25, -0.2) is 13.1 Å². The Hall–Kier alpha value is -1.00. The Kier molecular flexibility index (Phi) is 5.57.